The van der Waals surface area contributed by atoms with Gasteiger partial charge in [0.25, 0.3) is 0 Å². The van der Waals surface area contributed by atoms with Gasteiger partial charge in [0.2, 0.25) is 0 Å². The lowest BCUT2D eigenvalue weighted by Gasteiger charge is -2.38. The van der Waals surface area contributed by atoms with Crippen LogP contribution in [0.25, 0.3) is 0 Å². The van der Waals surface area contributed by atoms with Gasteiger partial charge in [-0.25, -0.2) is 4.98 Å². The monoisotopic (exact) mass is 282 g/mol. The molecule has 4 heteroatoms. The van der Waals surface area contributed by atoms with Crippen molar-refractivity contribution in [1.29, 1.82) is 0 Å². The molecule has 0 radical (unpaired) electrons. The zero-order valence-electron chi connectivity index (χ0n) is 12.5. The molecule has 0 saturated heterocycles. The Hall–Kier alpha value is -0.450. The molecule has 1 saturated carbocycles. The van der Waals surface area contributed by atoms with Crippen LogP contribution in [0.2, 0.25) is 0 Å². The van der Waals surface area contributed by atoms with Gasteiger partial charge < -0.3 is 10.1 Å². The molecule has 1 aromatic rings. The fourth-order valence-corrected chi connectivity index (χ4v) is 4.17. The molecule has 1 heterocycles. The van der Waals surface area contributed by atoms with Crippen LogP contribution in [-0.4, -0.2) is 18.6 Å². The third kappa shape index (κ3) is 3.18. The average molecular weight is 282 g/mol. The largest absolute Gasteiger partial charge is 0.368 e. The third-order valence-electron chi connectivity index (χ3n) is 4.15. The van der Waals surface area contributed by atoms with Gasteiger partial charge in [-0.1, -0.05) is 13.3 Å². The van der Waals surface area contributed by atoms with Crippen molar-refractivity contribution in [1.82, 2.24) is 10.3 Å². The van der Waals surface area contributed by atoms with Crippen LogP contribution in [0.5, 0.6) is 0 Å². The minimum atomic E-state index is -0.122. The molecule has 0 aliphatic heterocycles. The summed E-state index contributed by atoms with van der Waals surface area (Å²) in [6, 6.07) is 0.367. The molecule has 3 nitrogen and oxygen atoms in total. The molecule has 1 aromatic heterocycles. The molecule has 3 atom stereocenters. The summed E-state index contributed by atoms with van der Waals surface area (Å²) in [7, 11) is 1.99. The number of hydrogen-bond acceptors (Lipinski definition) is 4. The van der Waals surface area contributed by atoms with Crippen molar-refractivity contribution in [3.05, 3.63) is 16.1 Å². The van der Waals surface area contributed by atoms with Crippen LogP contribution in [0, 0.1) is 5.92 Å². The summed E-state index contributed by atoms with van der Waals surface area (Å²) in [6.07, 6.45) is 6.81. The molecule has 1 aliphatic rings. The van der Waals surface area contributed by atoms with Crippen LogP contribution in [0.1, 0.15) is 62.4 Å². The summed E-state index contributed by atoms with van der Waals surface area (Å²) in [5.74, 6) is 0.731. The topological polar surface area (TPSA) is 34.1 Å². The van der Waals surface area contributed by atoms with Gasteiger partial charge in [0, 0.05) is 23.7 Å². The van der Waals surface area contributed by atoms with E-state index in [0.717, 1.165) is 25.4 Å². The molecule has 0 spiro atoms. The lowest BCUT2D eigenvalue weighted by atomic mass is 9.79. The lowest BCUT2D eigenvalue weighted by Crippen LogP contribution is -2.35. The summed E-state index contributed by atoms with van der Waals surface area (Å²) in [4.78, 5) is 5.99. The first kappa shape index (κ1) is 14.9. The van der Waals surface area contributed by atoms with E-state index in [0.29, 0.717) is 6.04 Å². The van der Waals surface area contributed by atoms with Crippen LogP contribution in [0.15, 0.2) is 6.20 Å². The van der Waals surface area contributed by atoms with E-state index in [2.05, 4.69) is 31.1 Å². The second-order valence-electron chi connectivity index (χ2n) is 5.71. The molecule has 108 valence electrons. The number of ether oxygens (including phenoxy) is 1. The molecular formula is C15H26N2OS. The van der Waals surface area contributed by atoms with Crippen LogP contribution in [-0.2, 0) is 10.3 Å². The highest BCUT2D eigenvalue weighted by molar-refractivity contribution is 7.11. The van der Waals surface area contributed by atoms with Gasteiger partial charge >= 0.3 is 0 Å². The second-order valence-corrected chi connectivity index (χ2v) is 6.77. The summed E-state index contributed by atoms with van der Waals surface area (Å²) in [5, 5.41) is 4.46. The highest BCUT2D eigenvalue weighted by Gasteiger charge is 2.40. The summed E-state index contributed by atoms with van der Waals surface area (Å²) in [5.41, 5.74) is -0.122. The first-order valence-corrected chi connectivity index (χ1v) is 8.20. The molecule has 0 amide bonds. The van der Waals surface area contributed by atoms with Gasteiger partial charge in [0.1, 0.15) is 10.6 Å². The molecule has 1 aliphatic carbocycles. The Bertz CT molecular complexity index is 403. The second kappa shape index (κ2) is 6.33. The van der Waals surface area contributed by atoms with Gasteiger partial charge in [-0.2, -0.15) is 0 Å². The van der Waals surface area contributed by atoms with Crippen LogP contribution < -0.4 is 5.32 Å². The maximum absolute atomic E-state index is 6.18. The number of nitrogens with one attached hydrogen (secondary N) is 1. The Labute approximate surface area is 120 Å². The molecule has 1 fully saturated rings. The SMILES string of the molecule is CCOC1(c2ncc(C(C)NC)s2)CCCC(C)C1. The van der Waals surface area contributed by atoms with E-state index in [9.17, 15) is 0 Å². The van der Waals surface area contributed by atoms with Crippen molar-refractivity contribution in [3.63, 3.8) is 0 Å². The highest BCUT2D eigenvalue weighted by Crippen LogP contribution is 2.44. The Morgan fingerprint density at radius 1 is 1.63 bits per heavy atom. The number of aromatic nitrogens is 1. The number of thiazole rings is 1. The van der Waals surface area contributed by atoms with Crippen LogP contribution in [0.4, 0.5) is 0 Å². The molecule has 0 aromatic carbocycles. The Kier molecular flexibility index (Phi) is 4.98. The van der Waals surface area contributed by atoms with Gasteiger partial charge in [-0.15, -0.1) is 11.3 Å². The summed E-state index contributed by atoms with van der Waals surface area (Å²) >= 11 is 1.81. The first-order chi connectivity index (χ1) is 9.11. The normalized spacial score (nSPS) is 29.4. The predicted octanol–water partition coefficient (Wildman–Crippen LogP) is 3.87. The first-order valence-electron chi connectivity index (χ1n) is 7.38. The fourth-order valence-electron chi connectivity index (χ4n) is 3.01. The summed E-state index contributed by atoms with van der Waals surface area (Å²) < 4.78 is 6.18. The lowest BCUT2D eigenvalue weighted by molar-refractivity contribution is -0.0820. The Balaban J connectivity index is 2.25. The van der Waals surface area contributed by atoms with Crippen molar-refractivity contribution >= 4 is 11.3 Å². The van der Waals surface area contributed by atoms with Crippen LogP contribution >= 0.6 is 11.3 Å². The maximum Gasteiger partial charge on any atom is 0.125 e. The molecule has 19 heavy (non-hydrogen) atoms. The van der Waals surface area contributed by atoms with Gasteiger partial charge in [-0.05, 0) is 46.1 Å². The highest BCUT2D eigenvalue weighted by atomic mass is 32.1. The van der Waals surface area contributed by atoms with Crippen molar-refractivity contribution in [2.75, 3.05) is 13.7 Å². The van der Waals surface area contributed by atoms with E-state index in [1.807, 2.05) is 24.6 Å². The van der Waals surface area contributed by atoms with Crippen molar-refractivity contribution in [2.24, 2.45) is 5.92 Å². The predicted molar refractivity (Wildman–Crippen MR) is 80.5 cm³/mol. The molecule has 0 bridgehead atoms. The van der Waals surface area contributed by atoms with Gasteiger partial charge in [0.05, 0.1) is 0 Å². The molecule has 2 rings (SSSR count). The molecular weight excluding hydrogens is 256 g/mol. The van der Waals surface area contributed by atoms with E-state index >= 15 is 0 Å². The maximum atomic E-state index is 6.18. The van der Waals surface area contributed by atoms with Gasteiger partial charge in [-0.3, -0.25) is 0 Å². The zero-order chi connectivity index (χ0) is 13.9. The zero-order valence-corrected chi connectivity index (χ0v) is 13.3. The van der Waals surface area contributed by atoms with Gasteiger partial charge in [0.15, 0.2) is 0 Å². The number of hydrogen-bond donors (Lipinski definition) is 1. The fraction of sp³-hybridized carbons (Fsp3) is 0.800. The summed E-state index contributed by atoms with van der Waals surface area (Å²) in [6.45, 7) is 7.36. The van der Waals surface area contributed by atoms with Crippen LogP contribution in [0.3, 0.4) is 0 Å². The Morgan fingerprint density at radius 2 is 2.42 bits per heavy atom. The average Bonchev–Trinajstić information content (AvgIpc) is 2.88. The van der Waals surface area contributed by atoms with Crippen molar-refractivity contribution in [3.8, 4) is 0 Å². The van der Waals surface area contributed by atoms with E-state index < -0.39 is 0 Å². The van der Waals surface area contributed by atoms with E-state index in [4.69, 9.17) is 4.74 Å². The molecule has 1 N–H and O–H groups in total. The van der Waals surface area contributed by atoms with E-state index in [1.54, 1.807) is 0 Å². The number of rotatable bonds is 5. The van der Waals surface area contributed by atoms with E-state index in [1.165, 1.54) is 22.7 Å². The smallest absolute Gasteiger partial charge is 0.125 e. The quantitative estimate of drug-likeness (QED) is 0.890. The Morgan fingerprint density at radius 3 is 3.05 bits per heavy atom. The standard InChI is InChI=1S/C15H26N2OS/c1-5-18-15(8-6-7-11(2)9-15)14-17-10-13(19-14)12(3)16-4/h10-12,16H,5-9H2,1-4H3. The third-order valence-corrected chi connectivity index (χ3v) is 5.51. The van der Waals surface area contributed by atoms with Crippen molar-refractivity contribution < 1.29 is 4.74 Å². The van der Waals surface area contributed by atoms with Crippen molar-refractivity contribution in [2.45, 2.75) is 58.1 Å². The minimum Gasteiger partial charge on any atom is -0.368 e. The minimum absolute atomic E-state index is 0.122. The van der Waals surface area contributed by atoms with E-state index in [-0.39, 0.29) is 5.60 Å². The number of nitrogens with zero attached hydrogens (tertiary/aromatic N) is 1. The molecule has 3 unspecified atom stereocenters.